The first-order valence-electron chi connectivity index (χ1n) is 44.6. The van der Waals surface area contributed by atoms with E-state index in [2.05, 4.69) is 156 Å². The molecule has 12 aromatic carbocycles. The quantitative estimate of drug-likeness (QED) is 0.0443. The van der Waals surface area contributed by atoms with E-state index in [0.717, 1.165) is 181 Å². The second-order valence-electron chi connectivity index (χ2n) is 31.8. The van der Waals surface area contributed by atoms with E-state index in [9.17, 15) is 35.1 Å². The summed E-state index contributed by atoms with van der Waals surface area (Å²) in [6.07, 6.45) is 23.9. The normalized spacial score (nSPS) is 10.6. The summed E-state index contributed by atoms with van der Waals surface area (Å²) in [5.41, 5.74) is 15.3. The monoisotopic (exact) mass is 2880 g/mol. The Hall–Kier alpha value is -9.56. The van der Waals surface area contributed by atoms with Crippen LogP contribution < -0.4 is 0 Å². The molecular weight excluding hydrogens is 2770 g/mol. The zero-order valence-electron chi connectivity index (χ0n) is 75.6. The van der Waals surface area contributed by atoms with Gasteiger partial charge in [0.25, 0.3) is 0 Å². The third-order valence-electron chi connectivity index (χ3n) is 22.5. The van der Waals surface area contributed by atoms with E-state index >= 15 is 0 Å². The van der Waals surface area contributed by atoms with Gasteiger partial charge >= 0.3 is 6.18 Å². The number of alkyl halides is 3. The number of aromatic nitrogens is 6. The van der Waals surface area contributed by atoms with Gasteiger partial charge in [-0.25, -0.2) is 17.6 Å². The number of pyridine rings is 6. The van der Waals surface area contributed by atoms with Gasteiger partial charge in [-0.1, -0.05) is 227 Å². The molecule has 0 spiro atoms. The molecule has 0 aliphatic carbocycles. The molecule has 0 fully saturated rings. The van der Waals surface area contributed by atoms with Gasteiger partial charge in [0, 0.05) is 174 Å². The fraction of sp³-hybridized carbons (Fsp3) is 0.217. The van der Waals surface area contributed by atoms with Crippen LogP contribution in [-0.4, -0.2) is 29.9 Å². The van der Waals surface area contributed by atoms with Gasteiger partial charge in [-0.15, -0.1) is 195 Å². The number of benzene rings is 12. The second-order valence-corrected chi connectivity index (χ2v) is 31.8. The maximum atomic E-state index is 14.2. The topological polar surface area (TPSA) is 77.3 Å². The van der Waals surface area contributed by atoms with Crippen molar-refractivity contribution in [3.05, 3.63) is 396 Å². The summed E-state index contributed by atoms with van der Waals surface area (Å²) < 4.78 is 109. The Morgan fingerprint density at radius 1 is 0.259 bits per heavy atom. The zero-order chi connectivity index (χ0) is 90.4. The number of nitrogens with zero attached hydrogens (tertiary/aromatic N) is 6. The van der Waals surface area contributed by atoms with Crippen LogP contribution in [-0.2, 0) is 165 Å². The minimum Gasteiger partial charge on any atom is -0.304 e. The SMILES string of the molecule is CCCCc1cc(-c2nccc3ccccc23)[c-]cc1C(F)(F)F.CCCCc1cc(-c2nccc3ccccc23)[c-]cc1F.CCCCc1cc[c-]c(-c2ncc(F)c3ccccc23)c1.CCCCc1cc[c-]c(-c2nccc3c(F)cccc23)c1.CCCCc1cc[c-]c(-c2nccc3ccc(F)cc23)c1.CCCCc1cc[c-]c(-c2nccc3cccc(F)c23)c1.[Ir].[Ir].[Ir].[Ir].[Ir].[Ir]. The van der Waals surface area contributed by atoms with Crippen LogP contribution in [0, 0.1) is 65.5 Å². The largest absolute Gasteiger partial charge is 0.381 e. The van der Waals surface area contributed by atoms with E-state index in [1.807, 2.05) is 134 Å². The Kier molecular flexibility index (Phi) is 47.4. The van der Waals surface area contributed by atoms with Gasteiger partial charge in [0.05, 0.1) is 6.20 Å². The summed E-state index contributed by atoms with van der Waals surface area (Å²) in [4.78, 5) is 26.4. The van der Waals surface area contributed by atoms with Crippen LogP contribution in [0.3, 0.4) is 0 Å². The van der Waals surface area contributed by atoms with Crippen molar-refractivity contribution in [3.8, 4) is 67.5 Å². The number of hydrogen-bond acceptors (Lipinski definition) is 6. The summed E-state index contributed by atoms with van der Waals surface area (Å²) in [5, 5.41) is 10.3. The van der Waals surface area contributed by atoms with Crippen LogP contribution in [0.5, 0.6) is 0 Å². The molecule has 708 valence electrons. The molecule has 0 saturated carbocycles. The molecule has 18 aromatic rings. The van der Waals surface area contributed by atoms with Crippen molar-refractivity contribution in [3.63, 3.8) is 0 Å². The second kappa shape index (κ2) is 57.0. The first-order valence-corrected chi connectivity index (χ1v) is 44.6. The summed E-state index contributed by atoms with van der Waals surface area (Å²) in [6, 6.07) is 96.7. The minimum atomic E-state index is -4.36. The molecule has 0 aliphatic rings. The molecule has 6 aromatic heterocycles. The van der Waals surface area contributed by atoms with Gasteiger partial charge in [0.15, 0.2) is 0 Å². The van der Waals surface area contributed by atoms with Crippen molar-refractivity contribution in [1.82, 2.24) is 29.9 Å². The number of aryl methyl sites for hydroxylation is 6. The molecule has 0 bridgehead atoms. The van der Waals surface area contributed by atoms with Gasteiger partial charge < -0.3 is 29.9 Å². The Morgan fingerprint density at radius 2 is 0.600 bits per heavy atom. The Morgan fingerprint density at radius 3 is 1.08 bits per heavy atom. The molecule has 135 heavy (non-hydrogen) atoms. The molecule has 0 atom stereocenters. The molecule has 6 heterocycles. The maximum Gasteiger partial charge on any atom is 0.381 e. The van der Waals surface area contributed by atoms with E-state index in [1.54, 1.807) is 73.4 Å². The summed E-state index contributed by atoms with van der Waals surface area (Å²) >= 11 is 0. The third-order valence-corrected chi connectivity index (χ3v) is 22.5. The van der Waals surface area contributed by atoms with Crippen LogP contribution in [0.15, 0.2) is 292 Å². The van der Waals surface area contributed by atoms with Crippen molar-refractivity contribution < 1.29 is 156 Å². The van der Waals surface area contributed by atoms with Crippen LogP contribution >= 0.6 is 0 Å². The van der Waals surface area contributed by atoms with Crippen molar-refractivity contribution in [2.24, 2.45) is 0 Å². The fourth-order valence-corrected chi connectivity index (χ4v) is 15.6. The number of unbranched alkanes of at least 4 members (excludes halogenated alkanes) is 6. The van der Waals surface area contributed by atoms with E-state index < -0.39 is 11.7 Å². The maximum absolute atomic E-state index is 14.2. The number of rotatable bonds is 24. The first kappa shape index (κ1) is 112. The molecule has 20 heteroatoms. The van der Waals surface area contributed by atoms with Crippen LogP contribution in [0.4, 0.5) is 35.1 Å². The zero-order valence-corrected chi connectivity index (χ0v) is 90.0. The smallest absolute Gasteiger partial charge is 0.304 e. The molecule has 0 aliphatic heterocycles. The summed E-state index contributed by atoms with van der Waals surface area (Å²) in [6.45, 7) is 12.8. The van der Waals surface area contributed by atoms with Crippen LogP contribution in [0.1, 0.15) is 158 Å². The Bertz CT molecular complexity index is 6620. The summed E-state index contributed by atoms with van der Waals surface area (Å²) in [7, 11) is 0. The van der Waals surface area contributed by atoms with Gasteiger partial charge in [-0.2, -0.15) is 13.2 Å². The fourth-order valence-electron chi connectivity index (χ4n) is 15.6. The molecule has 6 radical (unpaired) electrons. The van der Waals surface area contributed by atoms with Gasteiger partial charge in [-0.3, -0.25) is 4.39 Å². The average molecular weight is 2870 g/mol. The van der Waals surface area contributed by atoms with Crippen molar-refractivity contribution >= 4 is 64.6 Å². The molecular formula is C115H102F8Ir6N6-6. The Balaban J connectivity index is 0.000000219. The molecule has 0 amide bonds. The van der Waals surface area contributed by atoms with E-state index in [1.165, 1.54) is 91.2 Å². The van der Waals surface area contributed by atoms with Gasteiger partial charge in [-0.05, 0) is 181 Å². The van der Waals surface area contributed by atoms with Crippen LogP contribution in [0.25, 0.3) is 132 Å². The number of halogens is 8. The molecule has 0 unspecified atom stereocenters. The Labute approximate surface area is 869 Å². The van der Waals surface area contributed by atoms with Gasteiger partial charge in [0.1, 0.15) is 23.3 Å². The molecule has 6 nitrogen and oxygen atoms in total. The molecule has 0 N–H and O–H groups in total. The van der Waals surface area contributed by atoms with Crippen molar-refractivity contribution in [2.45, 2.75) is 163 Å². The van der Waals surface area contributed by atoms with E-state index in [4.69, 9.17) is 0 Å². The number of hydrogen-bond donors (Lipinski definition) is 0. The molecule has 0 saturated heterocycles. The van der Waals surface area contributed by atoms with E-state index in [0.29, 0.717) is 45.1 Å². The van der Waals surface area contributed by atoms with E-state index in [-0.39, 0.29) is 150 Å². The predicted octanol–water partition coefficient (Wildman–Crippen LogP) is 32.0. The predicted molar refractivity (Wildman–Crippen MR) is 513 cm³/mol. The van der Waals surface area contributed by atoms with Crippen molar-refractivity contribution in [1.29, 1.82) is 0 Å². The van der Waals surface area contributed by atoms with Crippen LogP contribution in [0.2, 0.25) is 0 Å². The van der Waals surface area contributed by atoms with Crippen molar-refractivity contribution in [2.75, 3.05) is 0 Å². The third kappa shape index (κ3) is 30.5. The minimum absolute atomic E-state index is 0. The summed E-state index contributed by atoms with van der Waals surface area (Å²) in [5.74, 6) is -1.14. The average Bonchev–Trinajstić information content (AvgIpc) is 0.834. The number of fused-ring (bicyclic) bond motifs is 6. The first-order chi connectivity index (χ1) is 62.9. The van der Waals surface area contributed by atoms with Gasteiger partial charge in [0.2, 0.25) is 0 Å². The molecule has 18 rings (SSSR count). The standard InChI is InChI=1S/C20H17F3N.5C19H17FN.6Ir/c1-2-3-6-15-13-16(9-10-18(15)20(21,22)23)19-17-8-5-4-7-14(17)11-12-24-19;1-2-3-6-14-7-4-9-16(13-14)19-18-15(11-12-21-19)8-5-10-17(18)20;1-2-3-6-14-7-4-8-15(13-14)19-17-9-5-10-18(20)16(17)11-12-21-19;1-2-3-7-14-8-6-9-15(12-14)19-17-11-5-4-10-16(17)18(20)13-21-19;1-2-3-6-15-13-16(9-10-18(15)20)19-17-8-5-4-7-14(17)11-12-21-19;1-2-3-5-14-6-4-7-16(12-14)19-18-13-17(20)9-8-15(18)10-11-21-19;;;;;;/h4-5,7-8,10-13H,2-3,6H2,1H3;4-5,7-8,10-13H,2-3,6H2,1H3;4-5,7,9-13H,2-3,6H2,1H3;4-6,8,10-13H,2-3,7H2,1H3;4-5,7-8,10-13H,2-3,6H2,1H3;4,6,8-13H,2-3,5H2,1H3;;;;;;/q6*-1;;;;;;.